The third-order valence-corrected chi connectivity index (χ3v) is 6.59. The fourth-order valence-electron chi connectivity index (χ4n) is 4.63. The third-order valence-electron chi connectivity index (χ3n) is 6.59. The van der Waals surface area contributed by atoms with Gasteiger partial charge in [0.15, 0.2) is 11.2 Å². The van der Waals surface area contributed by atoms with Crippen molar-refractivity contribution in [2.75, 3.05) is 13.7 Å². The minimum atomic E-state index is -0.477. The fraction of sp³-hybridized carbons (Fsp3) is 0.333. The second kappa shape index (κ2) is 11.3. The molecule has 0 amide bonds. The van der Waals surface area contributed by atoms with E-state index in [1.807, 2.05) is 53.1 Å². The SMILES string of the molecule is CCCCCc1nc2[nH]c(=O)n(CCOC)c(=O)c2n1Cc1ccc(-c2ccccc2-n2cnnn2)cc1. The predicted octanol–water partition coefficient (Wildman–Crippen LogP) is 2.96. The lowest BCUT2D eigenvalue weighted by molar-refractivity contribution is 0.185. The number of hydrogen-bond acceptors (Lipinski definition) is 7. The summed E-state index contributed by atoms with van der Waals surface area (Å²) in [6.07, 6.45) is 5.39. The highest BCUT2D eigenvalue weighted by Gasteiger charge is 2.18. The standard InChI is InChI=1S/C27H30N8O3/c1-3-4-5-10-23-29-25-24(26(36)33(15-16-38-2)27(37)30-25)34(23)17-19-11-13-20(14-12-19)21-8-6-7-9-22(21)35-18-28-31-32-35/h6-9,11-14,18H,3-5,10,15-17H2,1-2H3,(H,30,37). The van der Waals surface area contributed by atoms with Gasteiger partial charge in [0.2, 0.25) is 0 Å². The first-order valence-corrected chi connectivity index (χ1v) is 12.7. The van der Waals surface area contributed by atoms with E-state index in [2.05, 4.69) is 32.4 Å². The molecule has 196 valence electrons. The number of methoxy groups -OCH3 is 1. The monoisotopic (exact) mass is 514 g/mol. The summed E-state index contributed by atoms with van der Waals surface area (Å²) in [5, 5.41) is 11.5. The van der Waals surface area contributed by atoms with E-state index >= 15 is 0 Å². The van der Waals surface area contributed by atoms with Gasteiger partial charge in [-0.1, -0.05) is 62.2 Å². The fourth-order valence-corrected chi connectivity index (χ4v) is 4.63. The molecule has 0 aliphatic heterocycles. The molecule has 0 fully saturated rings. The zero-order chi connectivity index (χ0) is 26.5. The topological polar surface area (TPSA) is 126 Å². The predicted molar refractivity (Wildman–Crippen MR) is 143 cm³/mol. The molecular weight excluding hydrogens is 484 g/mol. The molecule has 0 aliphatic carbocycles. The minimum absolute atomic E-state index is 0.173. The number of rotatable bonds is 11. The molecule has 5 aromatic rings. The van der Waals surface area contributed by atoms with Crippen LogP contribution in [0.15, 0.2) is 64.4 Å². The molecule has 0 saturated carbocycles. The molecule has 38 heavy (non-hydrogen) atoms. The number of aryl methyl sites for hydroxylation is 1. The number of para-hydroxylation sites is 1. The first-order valence-electron chi connectivity index (χ1n) is 12.7. The van der Waals surface area contributed by atoms with E-state index < -0.39 is 5.69 Å². The minimum Gasteiger partial charge on any atom is -0.383 e. The maximum Gasteiger partial charge on any atom is 0.330 e. The number of unbranched alkanes of at least 4 members (excludes halogenated alkanes) is 2. The number of nitrogens with one attached hydrogen (secondary N) is 1. The van der Waals surface area contributed by atoms with Crippen LogP contribution in [0.2, 0.25) is 0 Å². The normalized spacial score (nSPS) is 11.4. The average Bonchev–Trinajstić information content (AvgIpc) is 3.58. The third kappa shape index (κ3) is 5.05. The van der Waals surface area contributed by atoms with Gasteiger partial charge in [0.1, 0.15) is 12.2 Å². The Morgan fingerprint density at radius 3 is 2.55 bits per heavy atom. The Morgan fingerprint density at radius 2 is 1.82 bits per heavy atom. The highest BCUT2D eigenvalue weighted by atomic mass is 16.5. The van der Waals surface area contributed by atoms with Gasteiger partial charge in [-0.15, -0.1) is 5.10 Å². The molecule has 0 atom stereocenters. The lowest BCUT2D eigenvalue weighted by Gasteiger charge is -2.12. The first kappa shape index (κ1) is 25.3. The van der Waals surface area contributed by atoms with E-state index in [-0.39, 0.29) is 18.7 Å². The number of H-pyrrole nitrogens is 1. The van der Waals surface area contributed by atoms with Gasteiger partial charge in [-0.3, -0.25) is 14.3 Å². The van der Waals surface area contributed by atoms with Crippen LogP contribution in [0.3, 0.4) is 0 Å². The van der Waals surface area contributed by atoms with Crippen molar-refractivity contribution in [3.63, 3.8) is 0 Å². The molecule has 5 rings (SSSR count). The van der Waals surface area contributed by atoms with E-state index in [0.717, 1.165) is 53.9 Å². The first-order chi connectivity index (χ1) is 18.6. The average molecular weight is 515 g/mol. The van der Waals surface area contributed by atoms with E-state index in [1.165, 1.54) is 4.57 Å². The van der Waals surface area contributed by atoms with Crippen molar-refractivity contribution in [2.24, 2.45) is 0 Å². The van der Waals surface area contributed by atoms with E-state index in [1.54, 1.807) is 18.1 Å². The number of aromatic nitrogens is 8. The van der Waals surface area contributed by atoms with Crippen LogP contribution in [0, 0.1) is 0 Å². The second-order valence-electron chi connectivity index (χ2n) is 9.12. The van der Waals surface area contributed by atoms with Gasteiger partial charge in [0, 0.05) is 25.6 Å². The number of aromatic amines is 1. The quantitative estimate of drug-likeness (QED) is 0.269. The number of fused-ring (bicyclic) bond motifs is 1. The number of tetrazole rings is 1. The Balaban J connectivity index is 1.52. The summed E-state index contributed by atoms with van der Waals surface area (Å²) in [5.74, 6) is 0.791. The smallest absolute Gasteiger partial charge is 0.330 e. The zero-order valence-electron chi connectivity index (χ0n) is 21.5. The summed E-state index contributed by atoms with van der Waals surface area (Å²) in [5.41, 5.74) is 3.80. The lowest BCUT2D eigenvalue weighted by atomic mass is 10.0. The molecule has 11 nitrogen and oxygen atoms in total. The Bertz CT molecular complexity index is 1630. The Kier molecular flexibility index (Phi) is 7.55. The van der Waals surface area contributed by atoms with Crippen molar-refractivity contribution in [3.8, 4) is 16.8 Å². The van der Waals surface area contributed by atoms with Gasteiger partial charge < -0.3 is 9.30 Å². The molecule has 11 heteroatoms. The molecule has 0 saturated heterocycles. The summed E-state index contributed by atoms with van der Waals surface area (Å²) in [6, 6.07) is 16.1. The highest BCUT2D eigenvalue weighted by Crippen LogP contribution is 2.27. The number of benzene rings is 2. The number of imidazole rings is 1. The molecule has 1 N–H and O–H groups in total. The number of ether oxygens (including phenoxy) is 1. The van der Waals surface area contributed by atoms with E-state index in [4.69, 9.17) is 4.74 Å². The van der Waals surface area contributed by atoms with Crippen LogP contribution in [-0.2, 0) is 24.2 Å². The Hall–Kier alpha value is -4.38. The van der Waals surface area contributed by atoms with Crippen molar-refractivity contribution in [1.82, 2.24) is 39.3 Å². The maximum absolute atomic E-state index is 13.4. The highest BCUT2D eigenvalue weighted by molar-refractivity contribution is 5.73. The molecule has 0 radical (unpaired) electrons. The van der Waals surface area contributed by atoms with Crippen LogP contribution >= 0.6 is 0 Å². The molecule has 0 aliphatic rings. The van der Waals surface area contributed by atoms with Gasteiger partial charge in [-0.25, -0.2) is 9.78 Å². The largest absolute Gasteiger partial charge is 0.383 e. The van der Waals surface area contributed by atoms with Crippen molar-refractivity contribution >= 4 is 11.2 Å². The zero-order valence-corrected chi connectivity index (χ0v) is 21.5. The molecule has 0 unspecified atom stereocenters. The summed E-state index contributed by atoms with van der Waals surface area (Å²) in [6.45, 7) is 3.04. The van der Waals surface area contributed by atoms with Crippen LogP contribution in [0.1, 0.15) is 37.6 Å². The lowest BCUT2D eigenvalue weighted by Crippen LogP contribution is -2.37. The van der Waals surface area contributed by atoms with Crippen LogP contribution in [-0.4, -0.2) is 53.0 Å². The molecule has 0 spiro atoms. The number of nitrogens with zero attached hydrogens (tertiary/aromatic N) is 7. The van der Waals surface area contributed by atoms with Crippen molar-refractivity contribution in [2.45, 2.75) is 45.7 Å². The summed E-state index contributed by atoms with van der Waals surface area (Å²) in [4.78, 5) is 33.4. The molecule has 0 bridgehead atoms. The van der Waals surface area contributed by atoms with Gasteiger partial charge >= 0.3 is 5.69 Å². The summed E-state index contributed by atoms with van der Waals surface area (Å²) < 4.78 is 9.86. The Labute approximate surface area is 218 Å². The van der Waals surface area contributed by atoms with Crippen molar-refractivity contribution in [3.05, 3.63) is 87.1 Å². The molecule has 2 aromatic carbocycles. The van der Waals surface area contributed by atoms with E-state index in [9.17, 15) is 9.59 Å². The number of hydrogen-bond donors (Lipinski definition) is 1. The van der Waals surface area contributed by atoms with Crippen LogP contribution in [0.25, 0.3) is 28.0 Å². The summed E-state index contributed by atoms with van der Waals surface area (Å²) in [7, 11) is 1.54. The van der Waals surface area contributed by atoms with Crippen LogP contribution in [0.4, 0.5) is 0 Å². The van der Waals surface area contributed by atoms with Crippen LogP contribution in [0.5, 0.6) is 0 Å². The van der Waals surface area contributed by atoms with Gasteiger partial charge in [-0.2, -0.15) is 4.68 Å². The summed E-state index contributed by atoms with van der Waals surface area (Å²) >= 11 is 0. The van der Waals surface area contributed by atoms with Gasteiger partial charge in [0.05, 0.1) is 18.8 Å². The second-order valence-corrected chi connectivity index (χ2v) is 9.12. The van der Waals surface area contributed by atoms with Gasteiger partial charge in [0.25, 0.3) is 5.56 Å². The van der Waals surface area contributed by atoms with E-state index in [0.29, 0.717) is 17.7 Å². The maximum atomic E-state index is 13.4. The molecular formula is C27H30N8O3. The Morgan fingerprint density at radius 1 is 1.00 bits per heavy atom. The molecule has 3 aromatic heterocycles. The molecule has 3 heterocycles. The van der Waals surface area contributed by atoms with Crippen LogP contribution < -0.4 is 11.2 Å². The van der Waals surface area contributed by atoms with Gasteiger partial charge in [-0.05, 0) is 34.0 Å². The van der Waals surface area contributed by atoms with Crippen molar-refractivity contribution in [1.29, 1.82) is 0 Å². The van der Waals surface area contributed by atoms with Crippen molar-refractivity contribution < 1.29 is 4.74 Å².